The Morgan fingerprint density at radius 1 is 1.19 bits per heavy atom. The van der Waals surface area contributed by atoms with Crippen molar-refractivity contribution in [2.45, 2.75) is 71.1 Å². The van der Waals surface area contributed by atoms with E-state index in [1.54, 1.807) is 11.0 Å². The number of aryl methyl sites for hydroxylation is 1. The Balaban J connectivity index is 1.49. The van der Waals surface area contributed by atoms with Gasteiger partial charge in [0.05, 0.1) is 12.1 Å². The summed E-state index contributed by atoms with van der Waals surface area (Å²) >= 11 is 0. The summed E-state index contributed by atoms with van der Waals surface area (Å²) < 4.78 is 42.6. The van der Waals surface area contributed by atoms with Crippen LogP contribution in [0.4, 0.5) is 19.0 Å². The second-order valence-corrected chi connectivity index (χ2v) is 10.2. The van der Waals surface area contributed by atoms with Crippen molar-refractivity contribution >= 4 is 11.7 Å². The van der Waals surface area contributed by atoms with Gasteiger partial charge in [-0.05, 0) is 30.7 Å². The molecule has 3 heterocycles. The zero-order valence-corrected chi connectivity index (χ0v) is 19.0. The molecule has 1 N–H and O–H groups in total. The third kappa shape index (κ3) is 4.64. The standard InChI is InChI=1S/C24H31F3N4O/c1-15-5-7-16(8-6-15)11-22(32)30-10-9-17(14-30)18-12-21-28-19(23(2,3)4)13-20(24(25,26)27)31(21)29-18/h5-8,12,17,19-20,28H,9-11,13-14H2,1-4H3/t17-,19-,20-/m1/s1. The van der Waals surface area contributed by atoms with Gasteiger partial charge in [0.1, 0.15) is 5.82 Å². The number of aromatic nitrogens is 2. The van der Waals surface area contributed by atoms with E-state index in [9.17, 15) is 18.0 Å². The number of benzene rings is 1. The largest absolute Gasteiger partial charge is 0.410 e. The molecule has 0 aliphatic carbocycles. The van der Waals surface area contributed by atoms with Crippen molar-refractivity contribution in [2.24, 2.45) is 5.41 Å². The van der Waals surface area contributed by atoms with E-state index in [1.165, 1.54) is 0 Å². The minimum absolute atomic E-state index is 0.0411. The Kier molecular flexibility index (Phi) is 5.75. The Bertz CT molecular complexity index is 975. The minimum Gasteiger partial charge on any atom is -0.367 e. The van der Waals surface area contributed by atoms with Gasteiger partial charge in [-0.1, -0.05) is 50.6 Å². The van der Waals surface area contributed by atoms with Crippen LogP contribution in [0.2, 0.25) is 0 Å². The number of likely N-dealkylation sites (tertiary alicyclic amines) is 1. The number of hydrogen-bond donors (Lipinski definition) is 1. The first-order valence-corrected chi connectivity index (χ1v) is 11.2. The van der Waals surface area contributed by atoms with Crippen LogP contribution >= 0.6 is 0 Å². The van der Waals surface area contributed by atoms with Crippen LogP contribution in [0.1, 0.15) is 62.4 Å². The molecule has 2 aromatic rings. The highest BCUT2D eigenvalue weighted by molar-refractivity contribution is 5.79. The van der Waals surface area contributed by atoms with E-state index in [2.05, 4.69) is 10.4 Å². The molecule has 0 spiro atoms. The van der Waals surface area contributed by atoms with Gasteiger partial charge in [-0.3, -0.25) is 4.79 Å². The summed E-state index contributed by atoms with van der Waals surface area (Å²) in [6, 6.07) is 7.69. The summed E-state index contributed by atoms with van der Waals surface area (Å²) in [7, 11) is 0. The van der Waals surface area contributed by atoms with E-state index >= 15 is 0 Å². The van der Waals surface area contributed by atoms with Crippen molar-refractivity contribution < 1.29 is 18.0 Å². The number of rotatable bonds is 3. The second kappa shape index (κ2) is 8.12. The Labute approximate surface area is 187 Å². The van der Waals surface area contributed by atoms with E-state index in [-0.39, 0.29) is 29.7 Å². The lowest BCUT2D eigenvalue weighted by Crippen LogP contribution is -2.44. The summed E-state index contributed by atoms with van der Waals surface area (Å²) in [6.07, 6.45) is -3.38. The van der Waals surface area contributed by atoms with E-state index < -0.39 is 12.2 Å². The number of halogens is 3. The number of hydrogen-bond acceptors (Lipinski definition) is 3. The van der Waals surface area contributed by atoms with E-state index in [0.29, 0.717) is 37.4 Å². The van der Waals surface area contributed by atoms with Crippen molar-refractivity contribution in [3.8, 4) is 0 Å². The van der Waals surface area contributed by atoms with Crippen LogP contribution in [0.15, 0.2) is 30.3 Å². The highest BCUT2D eigenvalue weighted by atomic mass is 19.4. The Morgan fingerprint density at radius 2 is 1.88 bits per heavy atom. The number of anilines is 1. The molecule has 0 bridgehead atoms. The number of amides is 1. The monoisotopic (exact) mass is 448 g/mol. The fourth-order valence-corrected chi connectivity index (χ4v) is 4.58. The summed E-state index contributed by atoms with van der Waals surface area (Å²) in [5.74, 6) is 0.399. The quantitative estimate of drug-likeness (QED) is 0.712. The fourth-order valence-electron chi connectivity index (χ4n) is 4.58. The molecule has 4 rings (SSSR count). The van der Waals surface area contributed by atoms with Gasteiger partial charge in [0, 0.05) is 31.1 Å². The maximum absolute atomic E-state index is 13.8. The Morgan fingerprint density at radius 3 is 2.50 bits per heavy atom. The third-order valence-electron chi connectivity index (χ3n) is 6.69. The molecule has 174 valence electrons. The summed E-state index contributed by atoms with van der Waals surface area (Å²) in [4.78, 5) is 14.5. The Hall–Kier alpha value is -2.51. The maximum Gasteiger partial charge on any atom is 0.410 e. The van der Waals surface area contributed by atoms with Gasteiger partial charge in [-0.25, -0.2) is 4.68 Å². The molecule has 3 atom stereocenters. The number of fused-ring (bicyclic) bond motifs is 1. The first kappa shape index (κ1) is 22.7. The molecule has 8 heteroatoms. The van der Waals surface area contributed by atoms with Crippen molar-refractivity contribution in [3.63, 3.8) is 0 Å². The normalized spacial score (nSPS) is 23.7. The molecule has 2 aliphatic rings. The summed E-state index contributed by atoms with van der Waals surface area (Å²) in [5, 5.41) is 7.65. The van der Waals surface area contributed by atoms with Gasteiger partial charge in [0.15, 0.2) is 6.04 Å². The zero-order chi connectivity index (χ0) is 23.3. The molecule has 5 nitrogen and oxygen atoms in total. The first-order valence-electron chi connectivity index (χ1n) is 11.2. The highest BCUT2D eigenvalue weighted by Gasteiger charge is 2.48. The molecule has 0 radical (unpaired) electrons. The molecule has 1 fully saturated rings. The van der Waals surface area contributed by atoms with Crippen LogP contribution in [0.25, 0.3) is 0 Å². The van der Waals surface area contributed by atoms with Crippen molar-refractivity contribution in [1.82, 2.24) is 14.7 Å². The predicted molar refractivity (Wildman–Crippen MR) is 118 cm³/mol. The number of carbonyl (C=O) groups is 1. The van der Waals surface area contributed by atoms with Gasteiger partial charge in [0.2, 0.25) is 5.91 Å². The smallest absolute Gasteiger partial charge is 0.367 e. The van der Waals surface area contributed by atoms with Crippen LogP contribution in [0, 0.1) is 12.3 Å². The van der Waals surface area contributed by atoms with Gasteiger partial charge in [-0.2, -0.15) is 18.3 Å². The molecule has 0 saturated carbocycles. The van der Waals surface area contributed by atoms with E-state index in [0.717, 1.165) is 15.8 Å². The topological polar surface area (TPSA) is 50.2 Å². The molecule has 2 aliphatic heterocycles. The lowest BCUT2D eigenvalue weighted by molar-refractivity contribution is -0.175. The summed E-state index contributed by atoms with van der Waals surface area (Å²) in [5.41, 5.74) is 2.42. The van der Waals surface area contributed by atoms with Gasteiger partial charge in [0.25, 0.3) is 0 Å². The highest BCUT2D eigenvalue weighted by Crippen LogP contribution is 2.44. The third-order valence-corrected chi connectivity index (χ3v) is 6.69. The molecular weight excluding hydrogens is 417 g/mol. The predicted octanol–water partition coefficient (Wildman–Crippen LogP) is 5.08. The van der Waals surface area contributed by atoms with Gasteiger partial charge in [-0.15, -0.1) is 0 Å². The maximum atomic E-state index is 13.8. The molecule has 0 unspecified atom stereocenters. The van der Waals surface area contributed by atoms with E-state index in [1.807, 2.05) is 52.0 Å². The minimum atomic E-state index is -4.37. The first-order chi connectivity index (χ1) is 14.9. The number of alkyl halides is 3. The van der Waals surface area contributed by atoms with E-state index in [4.69, 9.17) is 0 Å². The summed E-state index contributed by atoms with van der Waals surface area (Å²) in [6.45, 7) is 8.92. The fraction of sp³-hybridized carbons (Fsp3) is 0.583. The van der Waals surface area contributed by atoms with Crippen molar-refractivity contribution in [3.05, 3.63) is 47.2 Å². The van der Waals surface area contributed by atoms with Crippen LogP contribution < -0.4 is 5.32 Å². The van der Waals surface area contributed by atoms with Gasteiger partial charge < -0.3 is 10.2 Å². The molecular formula is C24H31F3N4O. The molecule has 32 heavy (non-hydrogen) atoms. The van der Waals surface area contributed by atoms with Crippen LogP contribution in [-0.2, 0) is 11.2 Å². The molecule has 1 aromatic carbocycles. The lowest BCUT2D eigenvalue weighted by Gasteiger charge is -2.39. The zero-order valence-electron chi connectivity index (χ0n) is 19.0. The molecule has 1 aromatic heterocycles. The molecule has 1 saturated heterocycles. The average Bonchev–Trinajstić information content (AvgIpc) is 3.34. The number of nitrogens with one attached hydrogen (secondary N) is 1. The number of carbonyl (C=O) groups excluding carboxylic acids is 1. The van der Waals surface area contributed by atoms with Gasteiger partial charge >= 0.3 is 6.18 Å². The van der Waals surface area contributed by atoms with Crippen molar-refractivity contribution in [2.75, 3.05) is 18.4 Å². The molecule has 1 amide bonds. The van der Waals surface area contributed by atoms with Crippen LogP contribution in [0.5, 0.6) is 0 Å². The lowest BCUT2D eigenvalue weighted by atomic mass is 9.82. The van der Waals surface area contributed by atoms with Crippen molar-refractivity contribution in [1.29, 1.82) is 0 Å². The second-order valence-electron chi connectivity index (χ2n) is 10.2. The SMILES string of the molecule is Cc1ccc(CC(=O)N2CC[C@@H](c3cc4n(n3)[C@@H](C(F)(F)F)C[C@H](C(C)(C)C)N4)C2)cc1. The van der Waals surface area contributed by atoms with Crippen LogP contribution in [-0.4, -0.2) is 45.9 Å². The number of nitrogens with zero attached hydrogens (tertiary/aromatic N) is 3. The van der Waals surface area contributed by atoms with Crippen LogP contribution in [0.3, 0.4) is 0 Å². The average molecular weight is 449 g/mol.